The van der Waals surface area contributed by atoms with E-state index in [1.54, 1.807) is 0 Å². The maximum Gasteiger partial charge on any atom is 0.429 e. The van der Waals surface area contributed by atoms with E-state index in [1.165, 1.54) is 24.4 Å². The van der Waals surface area contributed by atoms with Gasteiger partial charge in [0.25, 0.3) is 0 Å². The predicted molar refractivity (Wildman–Crippen MR) is 104 cm³/mol. The van der Waals surface area contributed by atoms with Gasteiger partial charge in [-0.1, -0.05) is 25.4 Å². The highest BCUT2D eigenvalue weighted by Crippen LogP contribution is 2.50. The number of fused-ring (bicyclic) bond motifs is 3. The van der Waals surface area contributed by atoms with Crippen molar-refractivity contribution in [1.29, 1.82) is 0 Å². The lowest BCUT2D eigenvalue weighted by Crippen LogP contribution is -2.39. The van der Waals surface area contributed by atoms with Crippen molar-refractivity contribution >= 4 is 17.7 Å². The van der Waals surface area contributed by atoms with Crippen LogP contribution in [0.4, 0.5) is 18.0 Å². The van der Waals surface area contributed by atoms with Crippen LogP contribution in [0.5, 0.6) is 11.5 Å². The molecule has 0 spiro atoms. The molecule has 1 aromatic heterocycles. The van der Waals surface area contributed by atoms with Crippen molar-refractivity contribution in [3.63, 3.8) is 0 Å². The van der Waals surface area contributed by atoms with E-state index < -0.39 is 24.4 Å². The fourth-order valence-corrected chi connectivity index (χ4v) is 3.57. The molecule has 1 unspecified atom stereocenters. The van der Waals surface area contributed by atoms with E-state index in [-0.39, 0.29) is 34.6 Å². The second kappa shape index (κ2) is 8.59. The average Bonchev–Trinajstić information content (AvgIpc) is 2.64. The molecular formula is C20H20ClF3N2O4. The number of hydrogen-bond donors (Lipinski definition) is 2. The first-order valence-corrected chi connectivity index (χ1v) is 9.57. The highest BCUT2D eigenvalue weighted by Gasteiger charge is 2.47. The minimum absolute atomic E-state index is 0.0259. The van der Waals surface area contributed by atoms with Crippen LogP contribution in [-0.4, -0.2) is 35.0 Å². The van der Waals surface area contributed by atoms with Gasteiger partial charge in [-0.2, -0.15) is 13.2 Å². The summed E-state index contributed by atoms with van der Waals surface area (Å²) in [4.78, 5) is 14.8. The third-order valence-corrected chi connectivity index (χ3v) is 4.82. The fourth-order valence-electron chi connectivity index (χ4n) is 3.35. The monoisotopic (exact) mass is 444 g/mol. The quantitative estimate of drug-likeness (QED) is 0.618. The number of nitrogens with zero attached hydrogens (tertiary/aromatic N) is 1. The summed E-state index contributed by atoms with van der Waals surface area (Å²) in [5.74, 6) is 0.280. The van der Waals surface area contributed by atoms with Gasteiger partial charge in [-0.3, -0.25) is 4.98 Å². The molecule has 30 heavy (non-hydrogen) atoms. The van der Waals surface area contributed by atoms with Crippen molar-refractivity contribution in [2.75, 3.05) is 6.61 Å². The minimum Gasteiger partial charge on any atom is -0.490 e. The van der Waals surface area contributed by atoms with Crippen LogP contribution in [-0.2, 0) is 0 Å². The van der Waals surface area contributed by atoms with Gasteiger partial charge in [-0.25, -0.2) is 4.79 Å². The van der Waals surface area contributed by atoms with E-state index in [2.05, 4.69) is 10.3 Å². The summed E-state index contributed by atoms with van der Waals surface area (Å²) in [6.45, 7) is 3.83. The van der Waals surface area contributed by atoms with Crippen LogP contribution < -0.4 is 14.8 Å². The summed E-state index contributed by atoms with van der Waals surface area (Å²) in [7, 11) is 0. The zero-order valence-electron chi connectivity index (χ0n) is 16.2. The number of benzene rings is 1. The van der Waals surface area contributed by atoms with Gasteiger partial charge >= 0.3 is 12.3 Å². The van der Waals surface area contributed by atoms with E-state index in [0.717, 1.165) is 6.20 Å². The second-order valence-electron chi connectivity index (χ2n) is 7.37. The van der Waals surface area contributed by atoms with Gasteiger partial charge < -0.3 is 19.9 Å². The predicted octanol–water partition coefficient (Wildman–Crippen LogP) is 5.46. The van der Waals surface area contributed by atoms with E-state index in [0.29, 0.717) is 17.5 Å². The van der Waals surface area contributed by atoms with Crippen molar-refractivity contribution in [3.05, 3.63) is 41.2 Å². The first kappa shape index (κ1) is 22.0. The van der Waals surface area contributed by atoms with Crippen LogP contribution in [0.15, 0.2) is 30.6 Å². The van der Waals surface area contributed by atoms with Gasteiger partial charge in [0, 0.05) is 29.6 Å². The molecule has 2 heterocycles. The van der Waals surface area contributed by atoms with Gasteiger partial charge in [0.05, 0.1) is 11.1 Å². The molecule has 2 atom stereocenters. The normalized spacial score (nSPS) is 16.3. The zero-order chi connectivity index (χ0) is 22.1. The number of ether oxygens (including phenoxy) is 2. The lowest BCUT2D eigenvalue weighted by molar-refractivity contribution is -0.198. The highest BCUT2D eigenvalue weighted by molar-refractivity contribution is 6.32. The van der Waals surface area contributed by atoms with Crippen molar-refractivity contribution in [3.8, 4) is 22.6 Å². The zero-order valence-corrected chi connectivity index (χ0v) is 16.9. The molecule has 0 aliphatic carbocycles. The van der Waals surface area contributed by atoms with Crippen LogP contribution in [0.2, 0.25) is 5.02 Å². The van der Waals surface area contributed by atoms with Crippen molar-refractivity contribution < 1.29 is 32.5 Å². The number of hydrogen-bond acceptors (Lipinski definition) is 4. The van der Waals surface area contributed by atoms with Gasteiger partial charge in [0.15, 0.2) is 0 Å². The molecule has 0 saturated carbocycles. The Morgan fingerprint density at radius 2 is 2.10 bits per heavy atom. The lowest BCUT2D eigenvalue weighted by atomic mass is 9.94. The smallest absolute Gasteiger partial charge is 0.429 e. The summed E-state index contributed by atoms with van der Waals surface area (Å²) >= 11 is 6.29. The Labute approximate surface area is 176 Å². The van der Waals surface area contributed by atoms with E-state index >= 15 is 0 Å². The Morgan fingerprint density at radius 3 is 2.73 bits per heavy atom. The second-order valence-corrected chi connectivity index (χ2v) is 7.78. The first-order chi connectivity index (χ1) is 14.1. The molecule has 1 aromatic carbocycles. The van der Waals surface area contributed by atoms with Crippen LogP contribution in [0, 0.1) is 5.92 Å². The Morgan fingerprint density at radius 1 is 1.37 bits per heavy atom. The summed E-state index contributed by atoms with van der Waals surface area (Å²) in [5.41, 5.74) is 0.629. The molecule has 0 bridgehead atoms. The molecule has 3 rings (SSSR count). The summed E-state index contributed by atoms with van der Waals surface area (Å²) in [6.07, 6.45) is -4.95. The van der Waals surface area contributed by atoms with Gasteiger partial charge in [0.1, 0.15) is 18.1 Å². The molecule has 10 heteroatoms. The van der Waals surface area contributed by atoms with Crippen LogP contribution in [0.1, 0.15) is 31.9 Å². The molecule has 1 amide bonds. The molecule has 2 aromatic rings. The number of carbonyl (C=O) groups is 1. The molecule has 1 aliphatic rings. The van der Waals surface area contributed by atoms with Crippen molar-refractivity contribution in [2.45, 2.75) is 38.6 Å². The van der Waals surface area contributed by atoms with Crippen LogP contribution in [0.3, 0.4) is 0 Å². The average molecular weight is 445 g/mol. The SMILES string of the molecule is CC(C)C[C@@H](COc1cc2c(cc1Cl)-c1ccncc1C(C(F)(F)F)O2)NC(=O)O. The number of nitrogens with one attached hydrogen (secondary N) is 1. The molecule has 2 N–H and O–H groups in total. The number of alkyl halides is 3. The lowest BCUT2D eigenvalue weighted by Gasteiger charge is -2.30. The maximum atomic E-state index is 13.5. The largest absolute Gasteiger partial charge is 0.490 e. The summed E-state index contributed by atoms with van der Waals surface area (Å²) in [6, 6.07) is 3.74. The number of pyridine rings is 1. The van der Waals surface area contributed by atoms with E-state index in [1.807, 2.05) is 13.8 Å². The van der Waals surface area contributed by atoms with Crippen LogP contribution >= 0.6 is 11.6 Å². The standard InChI is InChI=1S/C20H20ClF3N2O4/c1-10(2)5-11(26-19(27)28)9-29-17-7-16-13(6-15(17)21)12-3-4-25-8-14(12)18(30-16)20(22,23)24/h3-4,6-8,10-11,18,26H,5,9H2,1-2H3,(H,27,28)/t11-,18?/m0/s1. The molecule has 0 fully saturated rings. The third-order valence-electron chi connectivity index (χ3n) is 4.52. The maximum absolute atomic E-state index is 13.5. The Kier molecular flexibility index (Phi) is 6.30. The van der Waals surface area contributed by atoms with Gasteiger partial charge in [-0.15, -0.1) is 0 Å². The number of halogens is 4. The molecular weight excluding hydrogens is 425 g/mol. The van der Waals surface area contributed by atoms with Gasteiger partial charge in [0.2, 0.25) is 6.10 Å². The minimum atomic E-state index is -4.64. The summed E-state index contributed by atoms with van der Waals surface area (Å²) in [5, 5.41) is 11.5. The number of aromatic nitrogens is 1. The number of carboxylic acid groups (broad SMARTS) is 1. The molecule has 0 saturated heterocycles. The molecule has 6 nitrogen and oxygen atoms in total. The van der Waals surface area contributed by atoms with Gasteiger partial charge in [-0.05, 0) is 30.0 Å². The summed E-state index contributed by atoms with van der Waals surface area (Å²) < 4.78 is 51.4. The topological polar surface area (TPSA) is 80.7 Å². The molecule has 162 valence electrons. The van der Waals surface area contributed by atoms with Crippen molar-refractivity contribution in [1.82, 2.24) is 10.3 Å². The molecule has 1 aliphatic heterocycles. The fraction of sp³-hybridized carbons (Fsp3) is 0.400. The Balaban J connectivity index is 1.90. The van der Waals surface area contributed by atoms with Crippen LogP contribution in [0.25, 0.3) is 11.1 Å². The first-order valence-electron chi connectivity index (χ1n) is 9.19. The number of amides is 1. The molecule has 0 radical (unpaired) electrons. The van der Waals surface area contributed by atoms with E-state index in [9.17, 15) is 18.0 Å². The number of rotatable bonds is 6. The third kappa shape index (κ3) is 4.89. The van der Waals surface area contributed by atoms with Crippen molar-refractivity contribution in [2.24, 2.45) is 5.92 Å². The Hall–Kier alpha value is -2.68. The highest BCUT2D eigenvalue weighted by atomic mass is 35.5. The Bertz CT molecular complexity index is 937. The van der Waals surface area contributed by atoms with E-state index in [4.69, 9.17) is 26.2 Å².